The fourth-order valence-corrected chi connectivity index (χ4v) is 1.17. The van der Waals surface area contributed by atoms with E-state index in [1.807, 2.05) is 6.92 Å². The van der Waals surface area contributed by atoms with E-state index in [1.165, 1.54) is 6.07 Å². The first-order valence-electron chi connectivity index (χ1n) is 4.38. The highest BCUT2D eigenvalue weighted by molar-refractivity contribution is 5.43. The maximum absolute atomic E-state index is 13.1. The maximum Gasteiger partial charge on any atom is 0.149 e. The zero-order valence-corrected chi connectivity index (χ0v) is 7.61. The number of benzene rings is 1. The highest BCUT2D eigenvalue weighted by atomic mass is 19.1. The second kappa shape index (κ2) is 4.21. The van der Waals surface area contributed by atoms with Crippen molar-refractivity contribution in [3.63, 3.8) is 0 Å². The average Bonchev–Trinajstić information content (AvgIpc) is 2.09. The lowest BCUT2D eigenvalue weighted by atomic mass is 10.1. The fourth-order valence-electron chi connectivity index (χ4n) is 1.17. The molecule has 0 unspecified atom stereocenters. The Hall–Kier alpha value is -1.12. The normalized spacial score (nSPS) is 10.4. The summed E-state index contributed by atoms with van der Waals surface area (Å²) < 4.78 is 25.8. The zero-order valence-electron chi connectivity index (χ0n) is 7.61. The predicted octanol–water partition coefficient (Wildman–Crippen LogP) is 2.89. The Morgan fingerprint density at radius 2 is 1.92 bits per heavy atom. The number of hydrogen-bond donors (Lipinski definition) is 1. The maximum atomic E-state index is 13.1. The van der Waals surface area contributed by atoms with Gasteiger partial charge in [0.05, 0.1) is 5.69 Å². The minimum Gasteiger partial charge on any atom is -0.396 e. The van der Waals surface area contributed by atoms with E-state index >= 15 is 0 Å². The van der Waals surface area contributed by atoms with Gasteiger partial charge in [-0.3, -0.25) is 0 Å². The highest BCUT2D eigenvalue weighted by Crippen LogP contribution is 2.18. The Kier molecular flexibility index (Phi) is 3.23. The quantitative estimate of drug-likeness (QED) is 0.720. The van der Waals surface area contributed by atoms with E-state index in [0.717, 1.165) is 18.9 Å². The number of aryl methyl sites for hydroxylation is 1. The lowest BCUT2D eigenvalue weighted by Crippen LogP contribution is -1.97. The number of halogens is 2. The van der Waals surface area contributed by atoms with Crippen LogP contribution >= 0.6 is 0 Å². The molecule has 0 heterocycles. The second-order valence-corrected chi connectivity index (χ2v) is 3.07. The van der Waals surface area contributed by atoms with Gasteiger partial charge in [0, 0.05) is 6.07 Å². The van der Waals surface area contributed by atoms with Crippen LogP contribution in [0.25, 0.3) is 0 Å². The third-order valence-electron chi connectivity index (χ3n) is 1.97. The van der Waals surface area contributed by atoms with Gasteiger partial charge in [-0.15, -0.1) is 0 Å². The molecule has 0 amide bonds. The van der Waals surface area contributed by atoms with E-state index in [-0.39, 0.29) is 5.69 Å². The van der Waals surface area contributed by atoms with Gasteiger partial charge >= 0.3 is 0 Å². The van der Waals surface area contributed by atoms with Gasteiger partial charge in [0.25, 0.3) is 0 Å². The van der Waals surface area contributed by atoms with E-state index in [4.69, 9.17) is 5.73 Å². The number of rotatable bonds is 3. The number of nitrogens with two attached hydrogens (primary N) is 1. The zero-order chi connectivity index (χ0) is 9.84. The van der Waals surface area contributed by atoms with Gasteiger partial charge in [0.2, 0.25) is 0 Å². The highest BCUT2D eigenvalue weighted by Gasteiger charge is 2.06. The SMILES string of the molecule is CCCCc1cc(N)c(F)cc1F. The molecule has 2 N–H and O–H groups in total. The molecular weight excluding hydrogens is 172 g/mol. The van der Waals surface area contributed by atoms with Crippen molar-refractivity contribution >= 4 is 5.69 Å². The van der Waals surface area contributed by atoms with Gasteiger partial charge in [-0.25, -0.2) is 8.78 Å². The standard InChI is InChI=1S/C10H13F2N/c1-2-3-4-7-5-10(13)9(12)6-8(7)11/h5-6H,2-4,13H2,1H3. The molecule has 0 spiro atoms. The van der Waals surface area contributed by atoms with Crippen molar-refractivity contribution in [3.8, 4) is 0 Å². The van der Waals surface area contributed by atoms with Crippen molar-refractivity contribution in [2.24, 2.45) is 0 Å². The van der Waals surface area contributed by atoms with Crippen LogP contribution in [0.4, 0.5) is 14.5 Å². The summed E-state index contributed by atoms with van der Waals surface area (Å²) in [7, 11) is 0. The van der Waals surface area contributed by atoms with E-state index < -0.39 is 11.6 Å². The third kappa shape index (κ3) is 2.41. The summed E-state index contributed by atoms with van der Waals surface area (Å²) in [5.74, 6) is -1.18. The number of anilines is 1. The van der Waals surface area contributed by atoms with Gasteiger partial charge in [-0.05, 0) is 24.5 Å². The summed E-state index contributed by atoms with van der Waals surface area (Å²) in [6, 6.07) is 2.22. The summed E-state index contributed by atoms with van der Waals surface area (Å²) in [6.45, 7) is 2.02. The van der Waals surface area contributed by atoms with Crippen LogP contribution in [0.3, 0.4) is 0 Å². The van der Waals surface area contributed by atoms with Crippen LogP contribution in [-0.4, -0.2) is 0 Å². The molecule has 0 bridgehead atoms. The summed E-state index contributed by atoms with van der Waals surface area (Å²) in [4.78, 5) is 0. The van der Waals surface area contributed by atoms with Crippen LogP contribution in [0.5, 0.6) is 0 Å². The molecule has 1 aromatic carbocycles. The molecule has 72 valence electrons. The third-order valence-corrected chi connectivity index (χ3v) is 1.97. The molecule has 0 radical (unpaired) electrons. The van der Waals surface area contributed by atoms with Gasteiger partial charge < -0.3 is 5.73 Å². The molecule has 13 heavy (non-hydrogen) atoms. The first-order chi connectivity index (χ1) is 6.15. The van der Waals surface area contributed by atoms with Crippen LogP contribution < -0.4 is 5.73 Å². The van der Waals surface area contributed by atoms with Gasteiger partial charge in [0.15, 0.2) is 0 Å². The summed E-state index contributed by atoms with van der Waals surface area (Å²) >= 11 is 0. The van der Waals surface area contributed by atoms with Crippen molar-refractivity contribution in [2.75, 3.05) is 5.73 Å². The Labute approximate surface area is 76.6 Å². The van der Waals surface area contributed by atoms with E-state index in [9.17, 15) is 8.78 Å². The fraction of sp³-hybridized carbons (Fsp3) is 0.400. The largest absolute Gasteiger partial charge is 0.396 e. The van der Waals surface area contributed by atoms with Gasteiger partial charge in [-0.2, -0.15) is 0 Å². The Balaban J connectivity index is 2.88. The summed E-state index contributed by atoms with van der Waals surface area (Å²) in [5, 5.41) is 0. The molecule has 0 aliphatic heterocycles. The van der Waals surface area contributed by atoms with E-state index in [2.05, 4.69) is 0 Å². The molecule has 0 aliphatic rings. The molecular formula is C10H13F2N. The summed E-state index contributed by atoms with van der Waals surface area (Å²) in [5.41, 5.74) is 5.84. The molecule has 0 fully saturated rings. The summed E-state index contributed by atoms with van der Waals surface area (Å²) in [6.07, 6.45) is 2.49. The van der Waals surface area contributed by atoms with Crippen molar-refractivity contribution < 1.29 is 8.78 Å². The Morgan fingerprint density at radius 3 is 2.54 bits per heavy atom. The minimum atomic E-state index is -0.683. The van der Waals surface area contributed by atoms with Crippen LogP contribution in [0.1, 0.15) is 25.3 Å². The first kappa shape index (κ1) is 9.96. The van der Waals surface area contributed by atoms with Crippen molar-refractivity contribution in [1.29, 1.82) is 0 Å². The van der Waals surface area contributed by atoms with Crippen molar-refractivity contribution in [2.45, 2.75) is 26.2 Å². The van der Waals surface area contributed by atoms with Crippen LogP contribution in [0.2, 0.25) is 0 Å². The predicted molar refractivity (Wildman–Crippen MR) is 49.4 cm³/mol. The number of nitrogen functional groups attached to an aromatic ring is 1. The molecule has 0 aliphatic carbocycles. The average molecular weight is 185 g/mol. The molecule has 1 aromatic rings. The van der Waals surface area contributed by atoms with Gasteiger partial charge in [-0.1, -0.05) is 13.3 Å². The molecule has 0 saturated heterocycles. The number of unbranched alkanes of at least 4 members (excludes halogenated alkanes) is 1. The topological polar surface area (TPSA) is 26.0 Å². The molecule has 3 heteroatoms. The molecule has 1 nitrogen and oxygen atoms in total. The Morgan fingerprint density at radius 1 is 1.23 bits per heavy atom. The number of hydrogen-bond acceptors (Lipinski definition) is 1. The van der Waals surface area contributed by atoms with E-state index in [0.29, 0.717) is 12.0 Å². The van der Waals surface area contributed by atoms with Crippen molar-refractivity contribution in [3.05, 3.63) is 29.3 Å². The second-order valence-electron chi connectivity index (χ2n) is 3.07. The van der Waals surface area contributed by atoms with Crippen LogP contribution in [0, 0.1) is 11.6 Å². The molecule has 0 aromatic heterocycles. The Bertz CT molecular complexity index is 297. The smallest absolute Gasteiger partial charge is 0.149 e. The molecule has 0 saturated carbocycles. The molecule has 1 rings (SSSR count). The van der Waals surface area contributed by atoms with Gasteiger partial charge in [0.1, 0.15) is 11.6 Å². The lowest BCUT2D eigenvalue weighted by Gasteiger charge is -2.04. The first-order valence-corrected chi connectivity index (χ1v) is 4.38. The lowest BCUT2D eigenvalue weighted by molar-refractivity contribution is 0.571. The monoisotopic (exact) mass is 185 g/mol. The van der Waals surface area contributed by atoms with Crippen LogP contribution in [0.15, 0.2) is 12.1 Å². The van der Waals surface area contributed by atoms with Crippen LogP contribution in [-0.2, 0) is 6.42 Å². The van der Waals surface area contributed by atoms with E-state index in [1.54, 1.807) is 0 Å². The molecule has 0 atom stereocenters. The minimum absolute atomic E-state index is 0.0208. The van der Waals surface area contributed by atoms with Crippen molar-refractivity contribution in [1.82, 2.24) is 0 Å².